The van der Waals surface area contributed by atoms with Gasteiger partial charge in [0.2, 0.25) is 0 Å². The van der Waals surface area contributed by atoms with E-state index in [1.54, 1.807) is 6.07 Å². The molecule has 2 aromatic carbocycles. The van der Waals surface area contributed by atoms with Crippen molar-refractivity contribution in [3.8, 4) is 11.1 Å². The van der Waals surface area contributed by atoms with Crippen molar-refractivity contribution in [2.45, 2.75) is 33.2 Å². The molecule has 0 unspecified atom stereocenters. The molecule has 0 aliphatic rings. The standard InChI is InChI=1S/C18H22FN/c1-4-13-6-8-15(5-2)17(10-13)16-9-7-14(12-20-3)11-18(16)19/h6-11,20H,4-5,12H2,1-3H3. The van der Waals surface area contributed by atoms with Crippen molar-refractivity contribution >= 4 is 0 Å². The zero-order chi connectivity index (χ0) is 14.5. The fraction of sp³-hybridized carbons (Fsp3) is 0.333. The van der Waals surface area contributed by atoms with Gasteiger partial charge in [-0.25, -0.2) is 4.39 Å². The van der Waals surface area contributed by atoms with E-state index in [-0.39, 0.29) is 5.82 Å². The number of benzene rings is 2. The number of hydrogen-bond donors (Lipinski definition) is 1. The van der Waals surface area contributed by atoms with Crippen molar-refractivity contribution in [2.75, 3.05) is 7.05 Å². The first kappa shape index (κ1) is 14.7. The van der Waals surface area contributed by atoms with Crippen LogP contribution in [0.3, 0.4) is 0 Å². The summed E-state index contributed by atoms with van der Waals surface area (Å²) in [7, 11) is 1.87. The van der Waals surface area contributed by atoms with Gasteiger partial charge in [0, 0.05) is 12.1 Å². The van der Waals surface area contributed by atoms with E-state index in [0.29, 0.717) is 12.1 Å². The highest BCUT2D eigenvalue weighted by Gasteiger charge is 2.10. The minimum Gasteiger partial charge on any atom is -0.316 e. The fourth-order valence-electron chi connectivity index (χ4n) is 2.49. The van der Waals surface area contributed by atoms with E-state index in [1.165, 1.54) is 11.1 Å². The second-order valence-electron chi connectivity index (χ2n) is 5.04. The lowest BCUT2D eigenvalue weighted by molar-refractivity contribution is 0.627. The third-order valence-electron chi connectivity index (χ3n) is 3.67. The van der Waals surface area contributed by atoms with Gasteiger partial charge in [0.25, 0.3) is 0 Å². The summed E-state index contributed by atoms with van der Waals surface area (Å²) in [5.41, 5.74) is 5.15. The van der Waals surface area contributed by atoms with Crippen LogP contribution in [0.5, 0.6) is 0 Å². The van der Waals surface area contributed by atoms with Crippen LogP contribution in [0.1, 0.15) is 30.5 Å². The van der Waals surface area contributed by atoms with Gasteiger partial charge >= 0.3 is 0 Å². The zero-order valence-corrected chi connectivity index (χ0v) is 12.5. The quantitative estimate of drug-likeness (QED) is 0.853. The molecule has 0 fully saturated rings. The number of hydrogen-bond acceptors (Lipinski definition) is 1. The van der Waals surface area contributed by atoms with Crippen LogP contribution in [0.25, 0.3) is 11.1 Å². The van der Waals surface area contributed by atoms with Gasteiger partial charge in [-0.05, 0) is 48.2 Å². The predicted octanol–water partition coefficient (Wildman–Crippen LogP) is 4.34. The molecule has 106 valence electrons. The zero-order valence-electron chi connectivity index (χ0n) is 12.5. The molecule has 0 amide bonds. The number of rotatable bonds is 5. The van der Waals surface area contributed by atoms with Crippen LogP contribution >= 0.6 is 0 Å². The molecule has 0 bridgehead atoms. The fourth-order valence-corrected chi connectivity index (χ4v) is 2.49. The van der Waals surface area contributed by atoms with Gasteiger partial charge in [-0.15, -0.1) is 0 Å². The van der Waals surface area contributed by atoms with Crippen molar-refractivity contribution in [3.05, 3.63) is 58.9 Å². The van der Waals surface area contributed by atoms with Gasteiger partial charge in [0.1, 0.15) is 5.82 Å². The predicted molar refractivity (Wildman–Crippen MR) is 83.4 cm³/mol. The van der Waals surface area contributed by atoms with E-state index in [1.807, 2.05) is 19.2 Å². The number of halogens is 1. The molecule has 0 atom stereocenters. The Kier molecular flexibility index (Phi) is 4.91. The third kappa shape index (κ3) is 3.07. The second-order valence-corrected chi connectivity index (χ2v) is 5.04. The molecule has 0 saturated heterocycles. The first-order valence-corrected chi connectivity index (χ1v) is 7.24. The molecule has 20 heavy (non-hydrogen) atoms. The molecule has 2 heteroatoms. The van der Waals surface area contributed by atoms with Crippen LogP contribution in [0.2, 0.25) is 0 Å². The summed E-state index contributed by atoms with van der Waals surface area (Å²) in [6, 6.07) is 11.9. The number of nitrogens with one attached hydrogen (secondary N) is 1. The van der Waals surface area contributed by atoms with Gasteiger partial charge in [0.15, 0.2) is 0 Å². The molecule has 0 radical (unpaired) electrons. The molecule has 0 aromatic heterocycles. The average Bonchev–Trinajstić information content (AvgIpc) is 2.47. The molecular formula is C18H22FN. The van der Waals surface area contributed by atoms with E-state index >= 15 is 0 Å². The maximum Gasteiger partial charge on any atom is 0.131 e. The number of aryl methyl sites for hydroxylation is 2. The van der Waals surface area contributed by atoms with Crippen LogP contribution in [0.15, 0.2) is 36.4 Å². The van der Waals surface area contributed by atoms with E-state index in [0.717, 1.165) is 24.0 Å². The summed E-state index contributed by atoms with van der Waals surface area (Å²) in [5, 5.41) is 3.04. The minimum atomic E-state index is -0.138. The monoisotopic (exact) mass is 271 g/mol. The van der Waals surface area contributed by atoms with E-state index in [2.05, 4.69) is 37.4 Å². The van der Waals surface area contributed by atoms with Crippen LogP contribution in [0.4, 0.5) is 4.39 Å². The Morgan fingerprint density at radius 1 is 0.900 bits per heavy atom. The largest absolute Gasteiger partial charge is 0.316 e. The summed E-state index contributed by atoms with van der Waals surface area (Å²) in [5.74, 6) is -0.138. The van der Waals surface area contributed by atoms with Gasteiger partial charge in [0.05, 0.1) is 0 Å². The van der Waals surface area contributed by atoms with Gasteiger partial charge in [-0.1, -0.05) is 44.2 Å². The Balaban J connectivity index is 2.49. The van der Waals surface area contributed by atoms with Crippen LogP contribution in [0, 0.1) is 5.82 Å². The summed E-state index contributed by atoms with van der Waals surface area (Å²) in [6.07, 6.45) is 1.88. The minimum absolute atomic E-state index is 0.138. The van der Waals surface area contributed by atoms with Gasteiger partial charge < -0.3 is 5.32 Å². The Morgan fingerprint density at radius 3 is 2.25 bits per heavy atom. The van der Waals surface area contributed by atoms with Crippen molar-refractivity contribution < 1.29 is 4.39 Å². The topological polar surface area (TPSA) is 12.0 Å². The Hall–Kier alpha value is -1.67. The van der Waals surface area contributed by atoms with Gasteiger partial charge in [-0.2, -0.15) is 0 Å². The van der Waals surface area contributed by atoms with Crippen LogP contribution in [-0.4, -0.2) is 7.05 Å². The molecule has 2 aromatic rings. The molecule has 0 aliphatic carbocycles. The summed E-state index contributed by atoms with van der Waals surface area (Å²) < 4.78 is 14.4. The molecule has 0 aliphatic heterocycles. The first-order chi connectivity index (χ1) is 9.69. The van der Waals surface area contributed by atoms with Crippen molar-refractivity contribution in [3.63, 3.8) is 0 Å². The highest BCUT2D eigenvalue weighted by molar-refractivity contribution is 5.69. The highest BCUT2D eigenvalue weighted by Crippen LogP contribution is 2.29. The summed E-state index contributed by atoms with van der Waals surface area (Å²) >= 11 is 0. The Bertz CT molecular complexity index is 590. The Labute approximate surface area is 120 Å². The van der Waals surface area contributed by atoms with Crippen LogP contribution in [-0.2, 0) is 19.4 Å². The SMILES string of the molecule is CCc1ccc(CC)c(-c2ccc(CNC)cc2F)c1. The van der Waals surface area contributed by atoms with Crippen molar-refractivity contribution in [1.82, 2.24) is 5.32 Å². The molecule has 2 rings (SSSR count). The summed E-state index contributed by atoms with van der Waals surface area (Å²) in [4.78, 5) is 0. The van der Waals surface area contributed by atoms with E-state index in [4.69, 9.17) is 0 Å². The lowest BCUT2D eigenvalue weighted by Gasteiger charge is -2.12. The molecule has 0 saturated carbocycles. The molecule has 1 N–H and O–H groups in total. The third-order valence-corrected chi connectivity index (χ3v) is 3.67. The Morgan fingerprint density at radius 2 is 1.65 bits per heavy atom. The lowest BCUT2D eigenvalue weighted by Crippen LogP contribution is -2.05. The van der Waals surface area contributed by atoms with E-state index < -0.39 is 0 Å². The lowest BCUT2D eigenvalue weighted by atomic mass is 9.94. The molecular weight excluding hydrogens is 249 g/mol. The average molecular weight is 271 g/mol. The molecule has 0 spiro atoms. The van der Waals surface area contributed by atoms with Gasteiger partial charge in [-0.3, -0.25) is 0 Å². The normalized spacial score (nSPS) is 10.8. The van der Waals surface area contributed by atoms with E-state index in [9.17, 15) is 4.39 Å². The summed E-state index contributed by atoms with van der Waals surface area (Å²) in [6.45, 7) is 4.92. The molecule has 1 nitrogen and oxygen atoms in total. The van der Waals surface area contributed by atoms with Crippen molar-refractivity contribution in [2.24, 2.45) is 0 Å². The maximum atomic E-state index is 14.4. The molecule has 0 heterocycles. The van der Waals surface area contributed by atoms with Crippen molar-refractivity contribution in [1.29, 1.82) is 0 Å². The highest BCUT2D eigenvalue weighted by atomic mass is 19.1. The van der Waals surface area contributed by atoms with Crippen LogP contribution < -0.4 is 5.32 Å². The maximum absolute atomic E-state index is 14.4. The first-order valence-electron chi connectivity index (χ1n) is 7.24. The second kappa shape index (κ2) is 6.67. The smallest absolute Gasteiger partial charge is 0.131 e.